The maximum atomic E-state index is 6.53. The Labute approximate surface area is 119 Å². The molecule has 1 saturated carbocycles. The minimum absolute atomic E-state index is 0.171. The molecule has 18 heavy (non-hydrogen) atoms. The van der Waals surface area contributed by atoms with Gasteiger partial charge in [-0.25, -0.2) is 0 Å². The summed E-state index contributed by atoms with van der Waals surface area (Å²) < 4.78 is 1.16. The third-order valence-electron chi connectivity index (χ3n) is 4.23. The van der Waals surface area contributed by atoms with Crippen molar-refractivity contribution in [1.29, 1.82) is 0 Å². The summed E-state index contributed by atoms with van der Waals surface area (Å²) in [5, 5.41) is 0. The molecule has 100 valence electrons. The zero-order valence-corrected chi connectivity index (χ0v) is 13.2. The van der Waals surface area contributed by atoms with Gasteiger partial charge in [0.2, 0.25) is 0 Å². The molecule has 3 unspecified atom stereocenters. The van der Waals surface area contributed by atoms with E-state index in [0.29, 0.717) is 5.92 Å². The molecule has 2 rings (SSSR count). The first kappa shape index (κ1) is 14.1. The predicted molar refractivity (Wildman–Crippen MR) is 81.5 cm³/mol. The lowest BCUT2D eigenvalue weighted by Crippen LogP contribution is -2.29. The van der Waals surface area contributed by atoms with Crippen molar-refractivity contribution in [3.63, 3.8) is 0 Å². The van der Waals surface area contributed by atoms with Crippen molar-refractivity contribution in [2.45, 2.75) is 46.1 Å². The molecule has 2 N–H and O–H groups in total. The van der Waals surface area contributed by atoms with Gasteiger partial charge in [0, 0.05) is 10.5 Å². The highest BCUT2D eigenvalue weighted by molar-refractivity contribution is 9.10. The van der Waals surface area contributed by atoms with E-state index in [4.69, 9.17) is 5.73 Å². The van der Waals surface area contributed by atoms with Crippen LogP contribution in [0.5, 0.6) is 0 Å². The number of benzene rings is 1. The van der Waals surface area contributed by atoms with Crippen LogP contribution in [0.15, 0.2) is 22.7 Å². The number of aryl methyl sites for hydroxylation is 1. The van der Waals surface area contributed by atoms with Gasteiger partial charge in [0.05, 0.1) is 0 Å². The van der Waals surface area contributed by atoms with Crippen LogP contribution in [-0.2, 0) is 0 Å². The molecule has 1 aromatic rings. The Morgan fingerprint density at radius 1 is 1.17 bits per heavy atom. The molecule has 0 heterocycles. The largest absolute Gasteiger partial charge is 0.324 e. The van der Waals surface area contributed by atoms with Crippen LogP contribution in [0.2, 0.25) is 0 Å². The SMILES string of the molecule is Cc1ccc(Br)c(C(N)C2CC(C)CC(C)C2)c1. The van der Waals surface area contributed by atoms with E-state index in [1.165, 1.54) is 30.4 Å². The van der Waals surface area contributed by atoms with Crippen molar-refractivity contribution in [2.24, 2.45) is 23.5 Å². The lowest BCUT2D eigenvalue weighted by molar-refractivity contribution is 0.193. The quantitative estimate of drug-likeness (QED) is 0.832. The van der Waals surface area contributed by atoms with Crippen molar-refractivity contribution in [2.75, 3.05) is 0 Å². The van der Waals surface area contributed by atoms with E-state index >= 15 is 0 Å². The second-order valence-electron chi connectivity index (χ2n) is 6.23. The fraction of sp³-hybridized carbons (Fsp3) is 0.625. The van der Waals surface area contributed by atoms with Crippen LogP contribution in [0.25, 0.3) is 0 Å². The molecule has 0 aliphatic heterocycles. The van der Waals surface area contributed by atoms with Crippen molar-refractivity contribution in [3.05, 3.63) is 33.8 Å². The Bertz CT molecular complexity index is 406. The Balaban J connectivity index is 2.19. The van der Waals surface area contributed by atoms with Gasteiger partial charge >= 0.3 is 0 Å². The van der Waals surface area contributed by atoms with E-state index in [1.807, 2.05) is 0 Å². The first-order chi connectivity index (χ1) is 8.47. The number of rotatable bonds is 2. The van der Waals surface area contributed by atoms with Gasteiger partial charge in [-0.15, -0.1) is 0 Å². The molecular formula is C16H24BrN. The van der Waals surface area contributed by atoms with Crippen LogP contribution >= 0.6 is 15.9 Å². The van der Waals surface area contributed by atoms with Crippen LogP contribution in [0.3, 0.4) is 0 Å². The number of nitrogens with two attached hydrogens (primary N) is 1. The molecule has 0 amide bonds. The third kappa shape index (κ3) is 3.16. The molecule has 1 fully saturated rings. The molecule has 0 saturated heterocycles. The standard InChI is InChI=1S/C16H24BrN/c1-10-4-5-15(17)14(9-10)16(18)13-7-11(2)6-12(3)8-13/h4-5,9,11-13,16H,6-8,18H2,1-3H3. The van der Waals surface area contributed by atoms with Gasteiger partial charge < -0.3 is 5.73 Å². The highest BCUT2D eigenvalue weighted by atomic mass is 79.9. The van der Waals surface area contributed by atoms with Crippen molar-refractivity contribution < 1.29 is 0 Å². The molecule has 0 spiro atoms. The molecule has 1 nitrogen and oxygen atoms in total. The molecule has 0 aromatic heterocycles. The van der Waals surface area contributed by atoms with Crippen molar-refractivity contribution >= 4 is 15.9 Å². The van der Waals surface area contributed by atoms with E-state index in [9.17, 15) is 0 Å². The Morgan fingerprint density at radius 2 is 1.78 bits per heavy atom. The fourth-order valence-electron chi connectivity index (χ4n) is 3.47. The summed E-state index contributed by atoms with van der Waals surface area (Å²) in [4.78, 5) is 0. The average molecular weight is 310 g/mol. The van der Waals surface area contributed by atoms with E-state index in [2.05, 4.69) is 54.9 Å². The van der Waals surface area contributed by atoms with E-state index < -0.39 is 0 Å². The van der Waals surface area contributed by atoms with Gasteiger partial charge in [-0.2, -0.15) is 0 Å². The second-order valence-corrected chi connectivity index (χ2v) is 7.08. The molecule has 2 heteroatoms. The average Bonchev–Trinajstić information content (AvgIpc) is 2.30. The van der Waals surface area contributed by atoms with Crippen LogP contribution in [0, 0.1) is 24.7 Å². The maximum Gasteiger partial charge on any atom is 0.0335 e. The lowest BCUT2D eigenvalue weighted by Gasteiger charge is -2.35. The normalized spacial score (nSPS) is 30.2. The van der Waals surface area contributed by atoms with Crippen molar-refractivity contribution in [1.82, 2.24) is 0 Å². The predicted octanol–water partition coefficient (Wildman–Crippen LogP) is 4.83. The molecule has 1 aliphatic carbocycles. The highest BCUT2D eigenvalue weighted by Crippen LogP contribution is 2.40. The minimum Gasteiger partial charge on any atom is -0.324 e. The summed E-state index contributed by atoms with van der Waals surface area (Å²) in [6.07, 6.45) is 3.90. The zero-order chi connectivity index (χ0) is 13.3. The molecule has 3 atom stereocenters. The third-order valence-corrected chi connectivity index (χ3v) is 4.96. The summed E-state index contributed by atoms with van der Waals surface area (Å²) >= 11 is 3.65. The van der Waals surface area contributed by atoms with Gasteiger partial charge in [0.1, 0.15) is 0 Å². The molecule has 0 radical (unpaired) electrons. The van der Waals surface area contributed by atoms with Gasteiger partial charge in [0.25, 0.3) is 0 Å². The smallest absolute Gasteiger partial charge is 0.0335 e. The molecule has 1 aliphatic rings. The van der Waals surface area contributed by atoms with Gasteiger partial charge in [-0.1, -0.05) is 47.5 Å². The topological polar surface area (TPSA) is 26.0 Å². The van der Waals surface area contributed by atoms with Crippen molar-refractivity contribution in [3.8, 4) is 0 Å². The Hall–Kier alpha value is -0.340. The zero-order valence-electron chi connectivity index (χ0n) is 11.6. The molecule has 1 aromatic carbocycles. The number of halogens is 1. The first-order valence-corrected chi connectivity index (χ1v) is 7.78. The van der Waals surface area contributed by atoms with E-state index in [0.717, 1.165) is 16.3 Å². The number of hydrogen-bond acceptors (Lipinski definition) is 1. The molecule has 0 bridgehead atoms. The van der Waals surface area contributed by atoms with Gasteiger partial charge in [0.15, 0.2) is 0 Å². The summed E-state index contributed by atoms with van der Waals surface area (Å²) in [6, 6.07) is 6.66. The Morgan fingerprint density at radius 3 is 2.39 bits per heavy atom. The number of hydrogen-bond donors (Lipinski definition) is 1. The van der Waals surface area contributed by atoms with Gasteiger partial charge in [-0.05, 0) is 55.6 Å². The van der Waals surface area contributed by atoms with Crippen LogP contribution in [0.1, 0.15) is 50.3 Å². The Kier molecular flexibility index (Phi) is 4.50. The van der Waals surface area contributed by atoms with E-state index in [-0.39, 0.29) is 6.04 Å². The van der Waals surface area contributed by atoms with Crippen LogP contribution < -0.4 is 5.73 Å². The van der Waals surface area contributed by atoms with Crippen LogP contribution in [-0.4, -0.2) is 0 Å². The fourth-order valence-corrected chi connectivity index (χ4v) is 3.99. The first-order valence-electron chi connectivity index (χ1n) is 6.99. The summed E-state index contributed by atoms with van der Waals surface area (Å²) in [5.74, 6) is 2.25. The van der Waals surface area contributed by atoms with E-state index in [1.54, 1.807) is 0 Å². The van der Waals surface area contributed by atoms with Crippen LogP contribution in [0.4, 0.5) is 0 Å². The van der Waals surface area contributed by atoms with Gasteiger partial charge in [-0.3, -0.25) is 0 Å². The summed E-state index contributed by atoms with van der Waals surface area (Å²) in [5.41, 5.74) is 9.11. The lowest BCUT2D eigenvalue weighted by atomic mass is 9.72. The molecular weight excluding hydrogens is 286 g/mol. The highest BCUT2D eigenvalue weighted by Gasteiger charge is 2.29. The summed E-state index contributed by atoms with van der Waals surface area (Å²) in [6.45, 7) is 6.86. The monoisotopic (exact) mass is 309 g/mol. The minimum atomic E-state index is 0.171. The second kappa shape index (κ2) is 5.75. The maximum absolute atomic E-state index is 6.53. The summed E-state index contributed by atoms with van der Waals surface area (Å²) in [7, 11) is 0.